The molecule has 0 fully saturated rings. The molecular formula is C38H52N2O2. The van der Waals surface area contributed by atoms with Gasteiger partial charge in [-0.25, -0.2) is 0 Å². The highest BCUT2D eigenvalue weighted by molar-refractivity contribution is 6.10. The van der Waals surface area contributed by atoms with Gasteiger partial charge in [-0.3, -0.25) is 9.59 Å². The lowest BCUT2D eigenvalue weighted by atomic mass is 10.1. The van der Waals surface area contributed by atoms with Crippen molar-refractivity contribution in [3.63, 3.8) is 0 Å². The summed E-state index contributed by atoms with van der Waals surface area (Å²) in [6.07, 6.45) is 14.0. The number of carbonyl (C=O) groups excluding carboxylic acids is 2. The Labute approximate surface area is 255 Å². The third-order valence-corrected chi connectivity index (χ3v) is 8.01. The highest BCUT2D eigenvalue weighted by atomic mass is 16.2. The van der Waals surface area contributed by atoms with Crippen LogP contribution in [0.25, 0.3) is 0 Å². The normalized spacial score (nSPS) is 11.0. The van der Waals surface area contributed by atoms with Crippen LogP contribution in [0.2, 0.25) is 0 Å². The predicted molar refractivity (Wildman–Crippen MR) is 179 cm³/mol. The van der Waals surface area contributed by atoms with Crippen LogP contribution in [0.3, 0.4) is 0 Å². The van der Waals surface area contributed by atoms with Crippen LogP contribution in [0, 0.1) is 13.8 Å². The summed E-state index contributed by atoms with van der Waals surface area (Å²) in [4.78, 5) is 31.7. The first-order valence-corrected chi connectivity index (χ1v) is 16.3. The van der Waals surface area contributed by atoms with E-state index in [0.29, 0.717) is 24.2 Å². The second kappa shape index (κ2) is 18.2. The Hall–Kier alpha value is -3.40. The zero-order valence-electron chi connectivity index (χ0n) is 26.5. The first kappa shape index (κ1) is 33.1. The van der Waals surface area contributed by atoms with Gasteiger partial charge in [0.2, 0.25) is 0 Å². The first-order valence-electron chi connectivity index (χ1n) is 16.3. The number of hydrogen-bond donors (Lipinski definition) is 0. The van der Waals surface area contributed by atoms with E-state index in [1.165, 1.54) is 62.5 Å². The van der Waals surface area contributed by atoms with Gasteiger partial charge < -0.3 is 9.80 Å². The molecule has 0 spiro atoms. The Morgan fingerprint density at radius 2 is 0.857 bits per heavy atom. The third-order valence-electron chi connectivity index (χ3n) is 8.01. The standard InChI is InChI=1S/C38H52N2O2/c1-5-7-9-11-13-15-28-39(35-24-20-31(3)21-25-35)37(41)33-18-17-19-34(30-33)38(42)40(29-16-14-12-10-8-6-2)36-26-22-32(4)23-27-36/h17-27,30H,5-16,28-29H2,1-4H3. The van der Waals surface area contributed by atoms with E-state index in [1.54, 1.807) is 6.07 Å². The van der Waals surface area contributed by atoms with Crippen LogP contribution in [-0.2, 0) is 0 Å². The minimum absolute atomic E-state index is 0.0557. The number of rotatable bonds is 18. The van der Waals surface area contributed by atoms with Crippen LogP contribution in [0.4, 0.5) is 11.4 Å². The van der Waals surface area contributed by atoms with E-state index in [9.17, 15) is 9.59 Å². The molecule has 3 aromatic rings. The van der Waals surface area contributed by atoms with Gasteiger partial charge in [-0.15, -0.1) is 0 Å². The number of anilines is 2. The molecule has 0 aromatic heterocycles. The highest BCUT2D eigenvalue weighted by Gasteiger charge is 2.22. The topological polar surface area (TPSA) is 40.6 Å². The van der Waals surface area contributed by atoms with Crippen molar-refractivity contribution in [3.8, 4) is 0 Å². The Bertz CT molecular complexity index is 1120. The number of unbranched alkanes of at least 4 members (excludes halogenated alkanes) is 10. The fourth-order valence-corrected chi connectivity index (χ4v) is 5.34. The summed E-state index contributed by atoms with van der Waals surface area (Å²) >= 11 is 0. The van der Waals surface area contributed by atoms with Crippen molar-refractivity contribution in [3.05, 3.63) is 95.1 Å². The molecule has 0 aliphatic heterocycles. The summed E-state index contributed by atoms with van der Waals surface area (Å²) in [7, 11) is 0. The van der Waals surface area contributed by atoms with Gasteiger partial charge in [-0.2, -0.15) is 0 Å². The number of nitrogens with zero attached hydrogens (tertiary/aromatic N) is 2. The van der Waals surface area contributed by atoms with E-state index in [4.69, 9.17) is 0 Å². The van der Waals surface area contributed by atoms with Crippen molar-refractivity contribution in [2.75, 3.05) is 22.9 Å². The summed E-state index contributed by atoms with van der Waals surface area (Å²) < 4.78 is 0. The maximum atomic E-state index is 13.9. The average Bonchev–Trinajstić information content (AvgIpc) is 3.01. The van der Waals surface area contributed by atoms with Crippen molar-refractivity contribution < 1.29 is 9.59 Å². The van der Waals surface area contributed by atoms with Crippen molar-refractivity contribution in [2.24, 2.45) is 0 Å². The van der Waals surface area contributed by atoms with E-state index in [2.05, 4.69) is 52.0 Å². The van der Waals surface area contributed by atoms with Gasteiger partial charge in [0.05, 0.1) is 0 Å². The number of amides is 2. The Balaban J connectivity index is 1.80. The fraction of sp³-hybridized carbons (Fsp3) is 0.474. The maximum Gasteiger partial charge on any atom is 0.258 e. The molecule has 0 N–H and O–H groups in total. The molecule has 0 unspecified atom stereocenters. The molecule has 0 saturated carbocycles. The molecule has 0 atom stereocenters. The van der Waals surface area contributed by atoms with Crippen LogP contribution < -0.4 is 9.80 Å². The van der Waals surface area contributed by atoms with Crippen molar-refractivity contribution in [1.29, 1.82) is 0 Å². The highest BCUT2D eigenvalue weighted by Crippen LogP contribution is 2.23. The van der Waals surface area contributed by atoms with Crippen molar-refractivity contribution in [2.45, 2.75) is 105 Å². The molecule has 0 radical (unpaired) electrons. The molecular weight excluding hydrogens is 516 g/mol. The molecule has 4 heteroatoms. The second-order valence-corrected chi connectivity index (χ2v) is 11.7. The molecule has 4 nitrogen and oxygen atoms in total. The average molecular weight is 569 g/mol. The Morgan fingerprint density at radius 3 is 1.24 bits per heavy atom. The van der Waals surface area contributed by atoms with Gasteiger partial charge in [-0.1, -0.05) is 120 Å². The summed E-state index contributed by atoms with van der Waals surface area (Å²) in [5.41, 5.74) is 5.24. The molecule has 3 rings (SSSR count). The molecule has 0 aliphatic carbocycles. The van der Waals surface area contributed by atoms with Gasteiger partial charge in [-0.05, 0) is 69.2 Å². The van der Waals surface area contributed by atoms with Crippen LogP contribution in [0.1, 0.15) is 123 Å². The summed E-state index contributed by atoms with van der Waals surface area (Å²) in [6.45, 7) is 9.91. The molecule has 42 heavy (non-hydrogen) atoms. The lowest BCUT2D eigenvalue weighted by molar-refractivity contribution is 0.0985. The summed E-state index contributed by atoms with van der Waals surface area (Å²) in [5, 5.41) is 0. The van der Waals surface area contributed by atoms with Gasteiger partial charge in [0.25, 0.3) is 11.8 Å². The van der Waals surface area contributed by atoms with Gasteiger partial charge in [0.1, 0.15) is 0 Å². The first-order chi connectivity index (χ1) is 20.4. The van der Waals surface area contributed by atoms with Crippen LogP contribution >= 0.6 is 0 Å². The monoisotopic (exact) mass is 568 g/mol. The maximum absolute atomic E-state index is 13.9. The SMILES string of the molecule is CCCCCCCCN(C(=O)c1cccc(C(=O)N(CCCCCCCC)c2ccc(C)cc2)c1)c1ccc(C)cc1. The molecule has 3 aromatic carbocycles. The molecule has 0 heterocycles. The van der Waals surface area contributed by atoms with E-state index < -0.39 is 0 Å². The lowest BCUT2D eigenvalue weighted by Crippen LogP contribution is -2.33. The predicted octanol–water partition coefficient (Wildman–Crippen LogP) is 10.3. The number of hydrogen-bond acceptors (Lipinski definition) is 2. The van der Waals surface area contributed by atoms with E-state index in [1.807, 2.05) is 52.3 Å². The second-order valence-electron chi connectivity index (χ2n) is 11.7. The van der Waals surface area contributed by atoms with Crippen LogP contribution in [0.15, 0.2) is 72.8 Å². The van der Waals surface area contributed by atoms with Crippen molar-refractivity contribution in [1.82, 2.24) is 0 Å². The third kappa shape index (κ3) is 10.5. The minimum atomic E-state index is -0.0557. The number of aryl methyl sites for hydroxylation is 2. The van der Waals surface area contributed by atoms with E-state index in [-0.39, 0.29) is 11.8 Å². The molecule has 2 amide bonds. The molecule has 0 aliphatic rings. The zero-order chi connectivity index (χ0) is 30.2. The number of benzene rings is 3. The Morgan fingerprint density at radius 1 is 0.500 bits per heavy atom. The van der Waals surface area contributed by atoms with Gasteiger partial charge >= 0.3 is 0 Å². The van der Waals surface area contributed by atoms with E-state index in [0.717, 1.165) is 37.1 Å². The summed E-state index contributed by atoms with van der Waals surface area (Å²) in [5.74, 6) is -0.111. The Kier molecular flexibility index (Phi) is 14.3. The van der Waals surface area contributed by atoms with Crippen LogP contribution in [-0.4, -0.2) is 24.9 Å². The zero-order valence-corrected chi connectivity index (χ0v) is 26.5. The van der Waals surface area contributed by atoms with Crippen molar-refractivity contribution >= 4 is 23.2 Å². The minimum Gasteiger partial charge on any atom is -0.308 e. The van der Waals surface area contributed by atoms with E-state index >= 15 is 0 Å². The lowest BCUT2D eigenvalue weighted by Gasteiger charge is -2.25. The largest absolute Gasteiger partial charge is 0.308 e. The fourth-order valence-electron chi connectivity index (χ4n) is 5.34. The quantitative estimate of drug-likeness (QED) is 0.143. The van der Waals surface area contributed by atoms with Gasteiger partial charge in [0.15, 0.2) is 0 Å². The van der Waals surface area contributed by atoms with Crippen LogP contribution in [0.5, 0.6) is 0 Å². The number of carbonyl (C=O) groups is 2. The molecule has 226 valence electrons. The molecule has 0 saturated heterocycles. The molecule has 0 bridgehead atoms. The summed E-state index contributed by atoms with van der Waals surface area (Å²) in [6, 6.07) is 23.6. The smallest absolute Gasteiger partial charge is 0.258 e. The van der Waals surface area contributed by atoms with Gasteiger partial charge in [0, 0.05) is 35.6 Å².